The van der Waals surface area contributed by atoms with E-state index in [-0.39, 0.29) is 0 Å². The van der Waals surface area contributed by atoms with Crippen LogP contribution in [0.2, 0.25) is 0 Å². The lowest BCUT2D eigenvalue weighted by molar-refractivity contribution is 0.126. The fraction of sp³-hybridized carbons (Fsp3) is 1.00. The normalized spacial score (nSPS) is 39.7. The second kappa shape index (κ2) is 3.97. The number of nitrogens with zero attached hydrogens (tertiary/aromatic N) is 1. The Bertz CT molecular complexity index is 155. The average Bonchev–Trinajstić information content (AvgIpc) is 2.33. The van der Waals surface area contributed by atoms with Gasteiger partial charge in [0, 0.05) is 18.1 Å². The molecule has 2 heterocycles. The summed E-state index contributed by atoms with van der Waals surface area (Å²) in [4.78, 5) is 2.73. The highest BCUT2D eigenvalue weighted by Gasteiger charge is 2.38. The van der Waals surface area contributed by atoms with E-state index in [1.165, 1.54) is 45.1 Å². The lowest BCUT2D eigenvalue weighted by Gasteiger charge is -2.37. The molecule has 3 atom stereocenters. The van der Waals surface area contributed by atoms with Gasteiger partial charge in [-0.25, -0.2) is 0 Å². The van der Waals surface area contributed by atoms with Crippen molar-refractivity contribution < 1.29 is 0 Å². The first-order chi connectivity index (χ1) is 6.31. The minimum absolute atomic E-state index is 0.496. The monoisotopic (exact) mass is 182 g/mol. The van der Waals surface area contributed by atoms with E-state index in [1.807, 2.05) is 0 Å². The third kappa shape index (κ3) is 1.89. The van der Waals surface area contributed by atoms with Crippen LogP contribution in [0.5, 0.6) is 0 Å². The van der Waals surface area contributed by atoms with Crippen LogP contribution in [0, 0.1) is 0 Å². The van der Waals surface area contributed by atoms with Crippen molar-refractivity contribution in [2.45, 2.75) is 63.6 Å². The number of hydrogen-bond acceptors (Lipinski definition) is 2. The minimum atomic E-state index is 0.496. The van der Waals surface area contributed by atoms with Crippen molar-refractivity contribution in [2.24, 2.45) is 5.73 Å². The summed E-state index contributed by atoms with van der Waals surface area (Å²) in [5.41, 5.74) is 6.02. The highest BCUT2D eigenvalue weighted by molar-refractivity contribution is 4.96. The number of hydrogen-bond donors (Lipinski definition) is 1. The van der Waals surface area contributed by atoms with Gasteiger partial charge in [0.1, 0.15) is 0 Å². The fourth-order valence-electron chi connectivity index (χ4n) is 3.02. The molecule has 2 fully saturated rings. The topological polar surface area (TPSA) is 29.3 Å². The Balaban J connectivity index is 1.90. The molecule has 0 saturated carbocycles. The average molecular weight is 182 g/mol. The van der Waals surface area contributed by atoms with Crippen LogP contribution in [0.3, 0.4) is 0 Å². The molecule has 2 heteroatoms. The summed E-state index contributed by atoms with van der Waals surface area (Å²) >= 11 is 0. The zero-order chi connectivity index (χ0) is 9.26. The van der Waals surface area contributed by atoms with Crippen molar-refractivity contribution in [3.8, 4) is 0 Å². The fourth-order valence-corrected chi connectivity index (χ4v) is 3.02. The molecule has 2 bridgehead atoms. The number of unbranched alkanes of at least 4 members (excludes halogenated alkanes) is 1. The van der Waals surface area contributed by atoms with Gasteiger partial charge in [0.05, 0.1) is 0 Å². The summed E-state index contributed by atoms with van der Waals surface area (Å²) in [5, 5.41) is 0. The van der Waals surface area contributed by atoms with E-state index in [0.29, 0.717) is 6.04 Å². The molecule has 1 unspecified atom stereocenters. The SMILES string of the molecule is CCCCN1[C@@H]2CC[C@H]1CC(N)C2. The van der Waals surface area contributed by atoms with Gasteiger partial charge in [-0.3, -0.25) is 4.90 Å². The van der Waals surface area contributed by atoms with Crippen molar-refractivity contribution in [1.29, 1.82) is 0 Å². The van der Waals surface area contributed by atoms with Crippen LogP contribution in [-0.4, -0.2) is 29.6 Å². The van der Waals surface area contributed by atoms with Crippen LogP contribution in [0.1, 0.15) is 45.4 Å². The maximum atomic E-state index is 6.02. The molecule has 2 nitrogen and oxygen atoms in total. The zero-order valence-electron chi connectivity index (χ0n) is 8.71. The maximum Gasteiger partial charge on any atom is 0.0113 e. The Morgan fingerprint density at radius 2 is 1.85 bits per heavy atom. The first-order valence-electron chi connectivity index (χ1n) is 5.82. The Hall–Kier alpha value is -0.0800. The lowest BCUT2D eigenvalue weighted by atomic mass is 9.98. The quantitative estimate of drug-likeness (QED) is 0.720. The summed E-state index contributed by atoms with van der Waals surface area (Å²) in [6.45, 7) is 3.59. The smallest absolute Gasteiger partial charge is 0.0113 e. The van der Waals surface area contributed by atoms with Crippen molar-refractivity contribution in [2.75, 3.05) is 6.54 Å². The van der Waals surface area contributed by atoms with E-state index < -0.39 is 0 Å². The van der Waals surface area contributed by atoms with E-state index in [4.69, 9.17) is 5.73 Å². The number of piperidine rings is 1. The van der Waals surface area contributed by atoms with E-state index in [1.54, 1.807) is 0 Å². The van der Waals surface area contributed by atoms with Crippen molar-refractivity contribution >= 4 is 0 Å². The molecule has 0 spiro atoms. The van der Waals surface area contributed by atoms with E-state index in [0.717, 1.165) is 12.1 Å². The zero-order valence-corrected chi connectivity index (χ0v) is 8.71. The maximum absolute atomic E-state index is 6.02. The molecule has 2 aliphatic heterocycles. The lowest BCUT2D eigenvalue weighted by Crippen LogP contribution is -2.47. The third-order valence-electron chi connectivity index (χ3n) is 3.69. The van der Waals surface area contributed by atoms with Gasteiger partial charge in [-0.2, -0.15) is 0 Å². The number of fused-ring (bicyclic) bond motifs is 2. The van der Waals surface area contributed by atoms with Crippen LogP contribution < -0.4 is 5.73 Å². The van der Waals surface area contributed by atoms with Crippen molar-refractivity contribution in [3.05, 3.63) is 0 Å². The van der Waals surface area contributed by atoms with Crippen molar-refractivity contribution in [1.82, 2.24) is 4.90 Å². The van der Waals surface area contributed by atoms with E-state index in [9.17, 15) is 0 Å². The number of rotatable bonds is 3. The second-order valence-corrected chi connectivity index (χ2v) is 4.71. The van der Waals surface area contributed by atoms with Gasteiger partial charge >= 0.3 is 0 Å². The summed E-state index contributed by atoms with van der Waals surface area (Å²) in [6.07, 6.45) is 7.99. The molecule has 2 rings (SSSR count). The van der Waals surface area contributed by atoms with Gasteiger partial charge in [0.2, 0.25) is 0 Å². The van der Waals surface area contributed by atoms with Gasteiger partial charge in [0.25, 0.3) is 0 Å². The van der Waals surface area contributed by atoms with Crippen molar-refractivity contribution in [3.63, 3.8) is 0 Å². The highest BCUT2D eigenvalue weighted by Crippen LogP contribution is 2.34. The predicted molar refractivity (Wildman–Crippen MR) is 55.6 cm³/mol. The van der Waals surface area contributed by atoms with Gasteiger partial charge in [-0.05, 0) is 38.6 Å². The molecule has 2 aliphatic rings. The molecular weight excluding hydrogens is 160 g/mol. The molecule has 76 valence electrons. The minimum Gasteiger partial charge on any atom is -0.328 e. The standard InChI is InChI=1S/C11H22N2/c1-2-3-6-13-10-4-5-11(13)8-9(12)7-10/h9-11H,2-8,12H2,1H3/t9?,10-,11+. The van der Waals surface area contributed by atoms with Gasteiger partial charge in [-0.15, -0.1) is 0 Å². The summed E-state index contributed by atoms with van der Waals surface area (Å²) in [6, 6.07) is 2.16. The molecule has 0 aromatic carbocycles. The Morgan fingerprint density at radius 3 is 2.38 bits per heavy atom. The highest BCUT2D eigenvalue weighted by atomic mass is 15.2. The van der Waals surface area contributed by atoms with Crippen LogP contribution in [0.15, 0.2) is 0 Å². The summed E-state index contributed by atoms with van der Waals surface area (Å²) < 4.78 is 0. The Morgan fingerprint density at radius 1 is 1.23 bits per heavy atom. The molecule has 0 aromatic heterocycles. The van der Waals surface area contributed by atoms with Crippen LogP contribution >= 0.6 is 0 Å². The molecule has 0 amide bonds. The van der Waals surface area contributed by atoms with Gasteiger partial charge in [0.15, 0.2) is 0 Å². The van der Waals surface area contributed by atoms with E-state index >= 15 is 0 Å². The van der Waals surface area contributed by atoms with E-state index in [2.05, 4.69) is 11.8 Å². The second-order valence-electron chi connectivity index (χ2n) is 4.71. The van der Waals surface area contributed by atoms with Crippen LogP contribution in [0.4, 0.5) is 0 Å². The first-order valence-corrected chi connectivity index (χ1v) is 5.82. The molecule has 0 aromatic rings. The first kappa shape index (κ1) is 9.47. The largest absolute Gasteiger partial charge is 0.328 e. The van der Waals surface area contributed by atoms with Gasteiger partial charge < -0.3 is 5.73 Å². The summed E-state index contributed by atoms with van der Waals surface area (Å²) in [7, 11) is 0. The Kier molecular flexibility index (Phi) is 2.89. The third-order valence-corrected chi connectivity index (χ3v) is 3.69. The molecule has 0 aliphatic carbocycles. The molecule has 0 radical (unpaired) electrons. The molecule has 2 saturated heterocycles. The molecule has 2 N–H and O–H groups in total. The summed E-state index contributed by atoms with van der Waals surface area (Å²) in [5.74, 6) is 0. The number of nitrogens with two attached hydrogens (primary N) is 1. The van der Waals surface area contributed by atoms with Crippen LogP contribution in [0.25, 0.3) is 0 Å². The predicted octanol–water partition coefficient (Wildman–Crippen LogP) is 1.74. The van der Waals surface area contributed by atoms with Crippen LogP contribution in [-0.2, 0) is 0 Å². The van der Waals surface area contributed by atoms with Gasteiger partial charge in [-0.1, -0.05) is 13.3 Å². The Labute approximate surface area is 81.5 Å². The molecular formula is C11H22N2. The molecule has 13 heavy (non-hydrogen) atoms.